The summed E-state index contributed by atoms with van der Waals surface area (Å²) in [6.45, 7) is 6.60. The fourth-order valence-corrected chi connectivity index (χ4v) is 7.53. The van der Waals surface area contributed by atoms with E-state index in [4.69, 9.17) is 4.74 Å². The van der Waals surface area contributed by atoms with Gasteiger partial charge in [0, 0.05) is 57.1 Å². The molecule has 1 amide bonds. The number of fused-ring (bicyclic) bond motifs is 3. The number of nitrogens with zero attached hydrogens (tertiary/aromatic N) is 7. The van der Waals surface area contributed by atoms with Crippen molar-refractivity contribution < 1.29 is 22.7 Å². The van der Waals surface area contributed by atoms with Crippen LogP contribution in [0.1, 0.15) is 81.3 Å². The fourth-order valence-electron chi connectivity index (χ4n) is 7.53. The number of likely N-dealkylation sites (tertiary alicyclic amines) is 1. The summed E-state index contributed by atoms with van der Waals surface area (Å²) >= 11 is 0. The third-order valence-corrected chi connectivity index (χ3v) is 9.93. The summed E-state index contributed by atoms with van der Waals surface area (Å²) in [4.78, 5) is 30.5. The minimum atomic E-state index is -4.67. The van der Waals surface area contributed by atoms with Crippen LogP contribution in [0.2, 0.25) is 0 Å². The van der Waals surface area contributed by atoms with Gasteiger partial charge in [-0.1, -0.05) is 18.6 Å². The second-order valence-electron chi connectivity index (χ2n) is 14.3. The molecule has 13 heteroatoms. The Hall–Kier alpha value is -4.13. The number of amides is 1. The third kappa shape index (κ3) is 5.94. The summed E-state index contributed by atoms with van der Waals surface area (Å²) in [5, 5.41) is 8.45. The topological polar surface area (TPSA) is 89.9 Å². The number of rotatable bonds is 6. The summed E-state index contributed by atoms with van der Waals surface area (Å²) in [6.07, 6.45) is 4.34. The third-order valence-electron chi connectivity index (χ3n) is 9.93. The number of alkyl halides is 3. The second-order valence-corrected chi connectivity index (χ2v) is 14.3. The van der Waals surface area contributed by atoms with Crippen LogP contribution in [0.5, 0.6) is 0 Å². The first kappa shape index (κ1) is 31.5. The zero-order chi connectivity index (χ0) is 33.2. The standard InChI is InChI=1S/C34H40F3N7O3/c1-33(2,3)47-32(46)41-17-25-11-12-26(18-41)42(25)15-21-13-27(34(35,36)37)28-19-43(31(45)44(28)16-21)24-10-6-9-23(14-24)29(22-7-5-8-22)30-39-38-20-40(30)4/h6,9-10,13-14,16,19-20,22,25-26,29H,5,7-8,11-12,15,17-18H2,1-4H3/t25?,26?,29-/m1/s1. The average Bonchev–Trinajstić information content (AvgIpc) is 3.60. The molecule has 3 aromatic heterocycles. The van der Waals surface area contributed by atoms with Crippen LogP contribution in [-0.4, -0.2) is 70.4 Å². The van der Waals surface area contributed by atoms with Gasteiger partial charge in [-0.3, -0.25) is 13.9 Å². The molecule has 5 heterocycles. The van der Waals surface area contributed by atoms with E-state index in [9.17, 15) is 22.8 Å². The monoisotopic (exact) mass is 651 g/mol. The molecule has 2 unspecified atom stereocenters. The molecule has 7 rings (SSSR count). The Morgan fingerprint density at radius 3 is 2.36 bits per heavy atom. The molecule has 0 N–H and O–H groups in total. The first-order valence-electron chi connectivity index (χ1n) is 16.3. The van der Waals surface area contributed by atoms with E-state index in [2.05, 4.69) is 15.1 Å². The van der Waals surface area contributed by atoms with E-state index in [0.29, 0.717) is 30.3 Å². The minimum absolute atomic E-state index is 0.00658. The van der Waals surface area contributed by atoms with Gasteiger partial charge in [-0.25, -0.2) is 9.59 Å². The summed E-state index contributed by atoms with van der Waals surface area (Å²) in [5.41, 5.74) is -0.395. The summed E-state index contributed by atoms with van der Waals surface area (Å²) < 4.78 is 53.5. The van der Waals surface area contributed by atoms with Gasteiger partial charge < -0.3 is 14.2 Å². The molecule has 10 nitrogen and oxygen atoms in total. The van der Waals surface area contributed by atoms with Crippen molar-refractivity contribution in [1.29, 1.82) is 0 Å². The number of aryl methyl sites for hydroxylation is 1. The highest BCUT2D eigenvalue weighted by Crippen LogP contribution is 2.43. The molecule has 1 aliphatic carbocycles. The maximum absolute atomic E-state index is 14.5. The number of hydrogen-bond donors (Lipinski definition) is 0. The molecule has 3 aliphatic rings. The number of benzene rings is 1. The Labute approximate surface area is 270 Å². The van der Waals surface area contributed by atoms with Crippen LogP contribution in [-0.2, 0) is 24.5 Å². The maximum atomic E-state index is 14.5. The van der Waals surface area contributed by atoms with E-state index < -0.39 is 23.0 Å². The van der Waals surface area contributed by atoms with Crippen molar-refractivity contribution in [1.82, 2.24) is 33.5 Å². The zero-order valence-electron chi connectivity index (χ0n) is 27.1. The molecule has 2 aliphatic heterocycles. The molecule has 4 aromatic rings. The highest BCUT2D eigenvalue weighted by molar-refractivity contribution is 5.68. The van der Waals surface area contributed by atoms with Crippen LogP contribution in [0.25, 0.3) is 11.2 Å². The van der Waals surface area contributed by atoms with E-state index in [1.54, 1.807) is 17.3 Å². The van der Waals surface area contributed by atoms with Gasteiger partial charge in [-0.2, -0.15) is 13.2 Å². The summed E-state index contributed by atoms with van der Waals surface area (Å²) in [6, 6.07) is 8.60. The van der Waals surface area contributed by atoms with Gasteiger partial charge in [-0.05, 0) is 81.7 Å². The van der Waals surface area contributed by atoms with Crippen molar-refractivity contribution in [3.05, 3.63) is 82.1 Å². The summed E-state index contributed by atoms with van der Waals surface area (Å²) in [5.74, 6) is 1.16. The smallest absolute Gasteiger partial charge is 0.418 e. The number of imidazole rings is 1. The largest absolute Gasteiger partial charge is 0.444 e. The number of pyridine rings is 1. The van der Waals surface area contributed by atoms with Crippen molar-refractivity contribution in [2.75, 3.05) is 13.1 Å². The van der Waals surface area contributed by atoms with Gasteiger partial charge in [0.05, 0.1) is 16.8 Å². The second kappa shape index (κ2) is 11.5. The number of carbonyl (C=O) groups excluding carboxylic acids is 1. The summed E-state index contributed by atoms with van der Waals surface area (Å²) in [7, 11) is 1.90. The van der Waals surface area contributed by atoms with Crippen LogP contribution in [0, 0.1) is 5.92 Å². The van der Waals surface area contributed by atoms with Gasteiger partial charge >= 0.3 is 18.0 Å². The number of piperazine rings is 1. The van der Waals surface area contributed by atoms with Crippen molar-refractivity contribution in [2.24, 2.45) is 13.0 Å². The Balaban J connectivity index is 1.21. The van der Waals surface area contributed by atoms with Crippen LogP contribution < -0.4 is 5.69 Å². The molecule has 2 bridgehead atoms. The SMILES string of the molecule is Cn1cnnc1[C@@H](c1cccc(-n2cc3c(C(F)(F)F)cc(CN4C5CCC4CN(C(=O)OC(C)(C)C)C5)cn3c2=O)c1)C1CCC1. The highest BCUT2D eigenvalue weighted by atomic mass is 19.4. The average molecular weight is 652 g/mol. The van der Waals surface area contributed by atoms with Crippen molar-refractivity contribution in [3.8, 4) is 5.69 Å². The van der Waals surface area contributed by atoms with Crippen LogP contribution >= 0.6 is 0 Å². The Kier molecular flexibility index (Phi) is 7.72. The lowest BCUT2D eigenvalue weighted by molar-refractivity contribution is -0.136. The normalized spacial score (nSPS) is 21.3. The Morgan fingerprint density at radius 2 is 1.77 bits per heavy atom. The molecule has 47 heavy (non-hydrogen) atoms. The fraction of sp³-hybridized carbons (Fsp3) is 0.529. The van der Waals surface area contributed by atoms with Crippen molar-refractivity contribution in [3.63, 3.8) is 0 Å². The number of halogens is 3. The van der Waals surface area contributed by atoms with Gasteiger partial charge in [0.25, 0.3) is 0 Å². The molecule has 1 aromatic carbocycles. The molecule has 0 spiro atoms. The van der Waals surface area contributed by atoms with E-state index >= 15 is 0 Å². The molecule has 250 valence electrons. The van der Waals surface area contributed by atoms with Gasteiger partial charge in [0.15, 0.2) is 0 Å². The molecular weight excluding hydrogens is 611 g/mol. The lowest BCUT2D eigenvalue weighted by Crippen LogP contribution is -2.55. The predicted octanol–water partition coefficient (Wildman–Crippen LogP) is 5.75. The first-order valence-corrected chi connectivity index (χ1v) is 16.3. The Morgan fingerprint density at radius 1 is 1.04 bits per heavy atom. The van der Waals surface area contributed by atoms with E-state index in [1.165, 1.54) is 17.0 Å². The molecule has 3 fully saturated rings. The van der Waals surface area contributed by atoms with Gasteiger partial charge in [0.2, 0.25) is 0 Å². The lowest BCUT2D eigenvalue weighted by Gasteiger charge is -2.41. The molecule has 2 saturated heterocycles. The Bertz CT molecular complexity index is 1850. The number of carbonyl (C=O) groups is 1. The minimum Gasteiger partial charge on any atom is -0.444 e. The molecule has 1 saturated carbocycles. The maximum Gasteiger partial charge on any atom is 0.418 e. The number of aromatic nitrogens is 5. The molecule has 3 atom stereocenters. The van der Waals surface area contributed by atoms with Gasteiger partial charge in [0.1, 0.15) is 17.8 Å². The van der Waals surface area contributed by atoms with Crippen LogP contribution in [0.4, 0.5) is 18.0 Å². The quantitative estimate of drug-likeness (QED) is 0.264. The van der Waals surface area contributed by atoms with Crippen molar-refractivity contribution in [2.45, 2.75) is 89.2 Å². The molecular formula is C34H40F3N7O3. The zero-order valence-corrected chi connectivity index (χ0v) is 27.1. The van der Waals surface area contributed by atoms with Crippen LogP contribution in [0.15, 0.2) is 53.8 Å². The van der Waals surface area contributed by atoms with E-state index in [1.807, 2.05) is 50.6 Å². The van der Waals surface area contributed by atoms with Gasteiger partial charge in [-0.15, -0.1) is 10.2 Å². The lowest BCUT2D eigenvalue weighted by atomic mass is 9.72. The first-order chi connectivity index (χ1) is 22.3. The molecule has 0 radical (unpaired) electrons. The number of ether oxygens (including phenoxy) is 1. The number of hydrogen-bond acceptors (Lipinski definition) is 6. The van der Waals surface area contributed by atoms with E-state index in [0.717, 1.165) is 54.0 Å². The van der Waals surface area contributed by atoms with E-state index in [-0.39, 0.29) is 36.2 Å². The predicted molar refractivity (Wildman–Crippen MR) is 168 cm³/mol. The van der Waals surface area contributed by atoms with Crippen molar-refractivity contribution >= 4 is 11.6 Å². The van der Waals surface area contributed by atoms with Crippen LogP contribution in [0.3, 0.4) is 0 Å². The highest BCUT2D eigenvalue weighted by Gasteiger charge is 2.43.